The number of carbonyl (C=O) groups is 1. The van der Waals surface area contributed by atoms with Crippen LogP contribution in [0.4, 0.5) is 0 Å². The first-order valence-corrected chi connectivity index (χ1v) is 7.49. The van der Waals surface area contributed by atoms with Crippen LogP contribution < -0.4 is 4.74 Å². The summed E-state index contributed by atoms with van der Waals surface area (Å²) in [6.45, 7) is 2.09. The van der Waals surface area contributed by atoms with Crippen molar-refractivity contribution in [1.82, 2.24) is 4.90 Å². The van der Waals surface area contributed by atoms with E-state index in [1.165, 1.54) is 0 Å². The minimum absolute atomic E-state index is 0.0256. The summed E-state index contributed by atoms with van der Waals surface area (Å²) in [4.78, 5) is 14.3. The molecule has 0 N–H and O–H groups in total. The predicted octanol–water partition coefficient (Wildman–Crippen LogP) is 2.11. The van der Waals surface area contributed by atoms with Gasteiger partial charge in [0.2, 0.25) is 5.91 Å². The number of furan rings is 1. The van der Waals surface area contributed by atoms with Gasteiger partial charge in [-0.1, -0.05) is 0 Å². The fourth-order valence-electron chi connectivity index (χ4n) is 2.37. The lowest BCUT2D eigenvalue weighted by molar-refractivity contribution is -0.131. The molecule has 0 atom stereocenters. The van der Waals surface area contributed by atoms with Crippen LogP contribution in [0.25, 0.3) is 11.0 Å². The molecule has 6 heteroatoms. The molecule has 0 aliphatic rings. The standard InChI is InChI=1S/C17H23NO5/c1-20-8-6-18(7-9-21-2)17(19)10-13-12-23-16-11-14(22-3)4-5-15(13)16/h4-5,11-12H,6-10H2,1-3H3. The first-order valence-electron chi connectivity index (χ1n) is 7.49. The quantitative estimate of drug-likeness (QED) is 0.708. The molecule has 1 aromatic heterocycles. The van der Waals surface area contributed by atoms with Crippen molar-refractivity contribution in [2.24, 2.45) is 0 Å². The SMILES string of the molecule is COCCN(CCOC)C(=O)Cc1coc2cc(OC)ccc12. The fourth-order valence-corrected chi connectivity index (χ4v) is 2.37. The first-order chi connectivity index (χ1) is 11.2. The van der Waals surface area contributed by atoms with Gasteiger partial charge in [-0.25, -0.2) is 0 Å². The van der Waals surface area contributed by atoms with E-state index in [0.29, 0.717) is 31.9 Å². The second-order valence-electron chi connectivity index (χ2n) is 5.17. The molecule has 1 amide bonds. The summed E-state index contributed by atoms with van der Waals surface area (Å²) in [5.74, 6) is 0.754. The number of methoxy groups -OCH3 is 3. The van der Waals surface area contributed by atoms with Gasteiger partial charge in [0.1, 0.15) is 11.3 Å². The second kappa shape index (κ2) is 8.55. The number of hydrogen-bond donors (Lipinski definition) is 0. The van der Waals surface area contributed by atoms with Gasteiger partial charge in [-0.3, -0.25) is 4.79 Å². The van der Waals surface area contributed by atoms with Crippen molar-refractivity contribution in [2.45, 2.75) is 6.42 Å². The minimum Gasteiger partial charge on any atom is -0.497 e. The fraction of sp³-hybridized carbons (Fsp3) is 0.471. The molecule has 0 aliphatic heterocycles. The molecule has 126 valence electrons. The van der Waals surface area contributed by atoms with Gasteiger partial charge < -0.3 is 23.5 Å². The van der Waals surface area contributed by atoms with Gasteiger partial charge in [0, 0.05) is 44.3 Å². The summed E-state index contributed by atoms with van der Waals surface area (Å²) >= 11 is 0. The van der Waals surface area contributed by atoms with Crippen molar-refractivity contribution < 1.29 is 23.4 Å². The number of hydrogen-bond acceptors (Lipinski definition) is 5. The summed E-state index contributed by atoms with van der Waals surface area (Å²) in [7, 11) is 4.85. The van der Waals surface area contributed by atoms with Crippen molar-refractivity contribution in [3.05, 3.63) is 30.0 Å². The number of benzene rings is 1. The van der Waals surface area contributed by atoms with E-state index in [1.54, 1.807) is 32.5 Å². The van der Waals surface area contributed by atoms with E-state index < -0.39 is 0 Å². The van der Waals surface area contributed by atoms with E-state index in [1.807, 2.05) is 18.2 Å². The predicted molar refractivity (Wildman–Crippen MR) is 86.8 cm³/mol. The van der Waals surface area contributed by atoms with Crippen molar-refractivity contribution >= 4 is 16.9 Å². The van der Waals surface area contributed by atoms with Crippen molar-refractivity contribution in [3.63, 3.8) is 0 Å². The van der Waals surface area contributed by atoms with Crippen LogP contribution >= 0.6 is 0 Å². The lowest BCUT2D eigenvalue weighted by Gasteiger charge is -2.21. The van der Waals surface area contributed by atoms with E-state index in [-0.39, 0.29) is 12.3 Å². The molecule has 0 fully saturated rings. The van der Waals surface area contributed by atoms with Crippen molar-refractivity contribution in [1.29, 1.82) is 0 Å². The van der Waals surface area contributed by atoms with Crippen LogP contribution in [0.15, 0.2) is 28.9 Å². The molecule has 0 saturated carbocycles. The van der Waals surface area contributed by atoms with Crippen LogP contribution in [0.3, 0.4) is 0 Å². The summed E-state index contributed by atoms with van der Waals surface area (Å²) in [6, 6.07) is 5.59. The number of rotatable bonds is 9. The maximum atomic E-state index is 12.5. The first kappa shape index (κ1) is 17.3. The molecular formula is C17H23NO5. The monoisotopic (exact) mass is 321 g/mol. The molecule has 0 spiro atoms. The molecule has 23 heavy (non-hydrogen) atoms. The third kappa shape index (κ3) is 4.46. The third-order valence-electron chi connectivity index (χ3n) is 3.69. The van der Waals surface area contributed by atoms with E-state index in [9.17, 15) is 4.79 Å². The Morgan fingerprint density at radius 3 is 2.43 bits per heavy atom. The van der Waals surface area contributed by atoms with Gasteiger partial charge in [0.25, 0.3) is 0 Å². The van der Waals surface area contributed by atoms with Gasteiger partial charge in [-0.05, 0) is 12.1 Å². The Bertz CT molecular complexity index is 629. The van der Waals surface area contributed by atoms with Crippen LogP contribution in [-0.4, -0.2) is 58.4 Å². The zero-order valence-electron chi connectivity index (χ0n) is 13.8. The molecule has 2 rings (SSSR count). The van der Waals surface area contributed by atoms with E-state index >= 15 is 0 Å². The highest BCUT2D eigenvalue weighted by Crippen LogP contribution is 2.26. The van der Waals surface area contributed by atoms with Gasteiger partial charge in [-0.2, -0.15) is 0 Å². The average molecular weight is 321 g/mol. The molecule has 1 heterocycles. The molecule has 2 aromatic rings. The number of fused-ring (bicyclic) bond motifs is 1. The average Bonchev–Trinajstić information content (AvgIpc) is 2.97. The summed E-state index contributed by atoms with van der Waals surface area (Å²) in [5, 5.41) is 0.928. The highest BCUT2D eigenvalue weighted by atomic mass is 16.5. The Kier molecular flexibility index (Phi) is 6.43. The number of amides is 1. The second-order valence-corrected chi connectivity index (χ2v) is 5.17. The molecular weight excluding hydrogens is 298 g/mol. The lowest BCUT2D eigenvalue weighted by Crippen LogP contribution is -2.37. The van der Waals surface area contributed by atoms with E-state index in [0.717, 1.165) is 16.7 Å². The van der Waals surface area contributed by atoms with Crippen molar-refractivity contribution in [2.75, 3.05) is 47.6 Å². The van der Waals surface area contributed by atoms with Crippen LogP contribution in [0, 0.1) is 0 Å². The normalized spacial score (nSPS) is 10.9. The molecule has 6 nitrogen and oxygen atoms in total. The Morgan fingerprint density at radius 2 is 1.83 bits per heavy atom. The van der Waals surface area contributed by atoms with Gasteiger partial charge in [0.15, 0.2) is 0 Å². The molecule has 0 saturated heterocycles. The Hall–Kier alpha value is -2.05. The zero-order chi connectivity index (χ0) is 16.7. The number of nitrogens with zero attached hydrogens (tertiary/aromatic N) is 1. The third-order valence-corrected chi connectivity index (χ3v) is 3.69. The Balaban J connectivity index is 2.10. The van der Waals surface area contributed by atoms with Gasteiger partial charge in [0.05, 0.1) is 33.0 Å². The number of ether oxygens (including phenoxy) is 3. The summed E-state index contributed by atoms with van der Waals surface area (Å²) in [5.41, 5.74) is 1.58. The van der Waals surface area contributed by atoms with Gasteiger partial charge >= 0.3 is 0 Å². The zero-order valence-corrected chi connectivity index (χ0v) is 13.8. The lowest BCUT2D eigenvalue weighted by atomic mass is 10.1. The Morgan fingerprint density at radius 1 is 1.13 bits per heavy atom. The minimum atomic E-state index is 0.0256. The maximum Gasteiger partial charge on any atom is 0.227 e. The molecule has 1 aromatic carbocycles. The van der Waals surface area contributed by atoms with Crippen molar-refractivity contribution in [3.8, 4) is 5.75 Å². The Labute approximate surface area is 135 Å². The maximum absolute atomic E-state index is 12.5. The summed E-state index contributed by atoms with van der Waals surface area (Å²) < 4.78 is 20.8. The molecule has 0 bridgehead atoms. The van der Waals surface area contributed by atoms with Crippen LogP contribution in [0.5, 0.6) is 5.75 Å². The topological polar surface area (TPSA) is 61.1 Å². The largest absolute Gasteiger partial charge is 0.497 e. The molecule has 0 aliphatic carbocycles. The van der Waals surface area contributed by atoms with Crippen LogP contribution in [0.2, 0.25) is 0 Å². The van der Waals surface area contributed by atoms with Crippen LogP contribution in [0.1, 0.15) is 5.56 Å². The highest BCUT2D eigenvalue weighted by Gasteiger charge is 2.17. The molecule has 0 unspecified atom stereocenters. The molecule has 0 radical (unpaired) electrons. The summed E-state index contributed by atoms with van der Waals surface area (Å²) in [6.07, 6.45) is 1.92. The van der Waals surface area contributed by atoms with E-state index in [4.69, 9.17) is 18.6 Å². The number of carbonyl (C=O) groups excluding carboxylic acids is 1. The van der Waals surface area contributed by atoms with E-state index in [2.05, 4.69) is 0 Å². The van der Waals surface area contributed by atoms with Gasteiger partial charge in [-0.15, -0.1) is 0 Å². The highest BCUT2D eigenvalue weighted by molar-refractivity contribution is 5.88. The van der Waals surface area contributed by atoms with Crippen LogP contribution in [-0.2, 0) is 20.7 Å². The smallest absolute Gasteiger partial charge is 0.227 e.